The first-order chi connectivity index (χ1) is 29.9. The molecule has 1 rings (SSSR count). The van der Waals surface area contributed by atoms with Crippen LogP contribution in [0.3, 0.4) is 0 Å². The fourth-order valence-electron chi connectivity index (χ4n) is 6.89. The van der Waals surface area contributed by atoms with E-state index in [9.17, 15) is 14.4 Å². The van der Waals surface area contributed by atoms with Gasteiger partial charge in [-0.15, -0.1) is 0 Å². The van der Waals surface area contributed by atoms with E-state index in [2.05, 4.69) is 81.2 Å². The SMILES string of the molecule is CCCCCC=CCC=CCCCCCCCC(=O)OCc1cc(COC(=O)CCCCCCCC=CCC=CCCCCC)cc(COC(=O)OCCCN(CC)CC)c1. The van der Waals surface area contributed by atoms with E-state index in [-0.39, 0.29) is 38.4 Å². The summed E-state index contributed by atoms with van der Waals surface area (Å²) >= 11 is 0. The number of esters is 2. The fourth-order valence-corrected chi connectivity index (χ4v) is 6.89. The van der Waals surface area contributed by atoms with Gasteiger partial charge in [-0.05, 0) is 131 Å². The molecule has 0 aromatic heterocycles. The average Bonchev–Trinajstić information content (AvgIpc) is 3.26. The van der Waals surface area contributed by atoms with Crippen molar-refractivity contribution in [3.8, 4) is 0 Å². The summed E-state index contributed by atoms with van der Waals surface area (Å²) in [5.74, 6) is -0.461. The van der Waals surface area contributed by atoms with Gasteiger partial charge in [-0.25, -0.2) is 4.79 Å². The summed E-state index contributed by atoms with van der Waals surface area (Å²) in [5, 5.41) is 0. The van der Waals surface area contributed by atoms with Crippen molar-refractivity contribution in [3.05, 3.63) is 83.5 Å². The van der Waals surface area contributed by atoms with Crippen molar-refractivity contribution in [2.75, 3.05) is 26.2 Å². The predicted octanol–water partition coefficient (Wildman–Crippen LogP) is 14.8. The first-order valence-electron chi connectivity index (χ1n) is 24.5. The Morgan fingerprint density at radius 2 is 0.820 bits per heavy atom. The molecular weight excluding hydrogens is 763 g/mol. The Labute approximate surface area is 373 Å². The second kappa shape index (κ2) is 41.7. The van der Waals surface area contributed by atoms with E-state index in [1.807, 2.05) is 18.2 Å². The topological polar surface area (TPSA) is 91.4 Å². The van der Waals surface area contributed by atoms with Gasteiger partial charge in [0.1, 0.15) is 19.8 Å². The normalized spacial score (nSPS) is 11.8. The van der Waals surface area contributed by atoms with Crippen LogP contribution in [0.4, 0.5) is 4.79 Å². The van der Waals surface area contributed by atoms with E-state index in [1.165, 1.54) is 64.2 Å². The Kier molecular flexibility index (Phi) is 37.8. The van der Waals surface area contributed by atoms with E-state index in [0.29, 0.717) is 18.4 Å². The lowest BCUT2D eigenvalue weighted by Gasteiger charge is -2.17. The van der Waals surface area contributed by atoms with Gasteiger partial charge in [-0.2, -0.15) is 0 Å². The molecule has 0 aliphatic carbocycles. The maximum absolute atomic E-state index is 12.6. The molecule has 1 aromatic rings. The molecule has 1 aromatic carbocycles. The monoisotopic (exact) mass is 850 g/mol. The first kappa shape index (κ1) is 55.4. The molecule has 0 saturated heterocycles. The molecule has 0 fully saturated rings. The molecule has 346 valence electrons. The van der Waals surface area contributed by atoms with E-state index in [4.69, 9.17) is 18.9 Å². The molecule has 0 atom stereocenters. The zero-order valence-corrected chi connectivity index (χ0v) is 39.3. The van der Waals surface area contributed by atoms with Crippen LogP contribution in [0.5, 0.6) is 0 Å². The standard InChI is InChI=1S/C53H87NO7/c1-5-9-11-13-15-17-19-21-23-25-27-29-31-33-35-38-51(55)59-45-48-42-49(44-50(43-48)47-61-53(57)58-41-37-40-54(7-3)8-4)46-60-52(56)39-36-34-32-30-28-26-24-22-20-18-16-14-12-10-6-2/h15-18,21-24,42-44H,5-14,19-20,25-41,45-47H2,1-4H3. The van der Waals surface area contributed by atoms with Crippen molar-refractivity contribution in [1.29, 1.82) is 0 Å². The third-order valence-electron chi connectivity index (χ3n) is 10.7. The molecule has 0 radical (unpaired) electrons. The van der Waals surface area contributed by atoms with Crippen LogP contribution in [0.15, 0.2) is 66.8 Å². The number of allylic oxidation sites excluding steroid dienone is 8. The lowest BCUT2D eigenvalue weighted by Crippen LogP contribution is -2.25. The van der Waals surface area contributed by atoms with Gasteiger partial charge in [0.15, 0.2) is 0 Å². The molecule has 0 amide bonds. The molecule has 8 nitrogen and oxygen atoms in total. The van der Waals surface area contributed by atoms with Crippen LogP contribution in [0, 0.1) is 0 Å². The largest absolute Gasteiger partial charge is 0.508 e. The van der Waals surface area contributed by atoms with Crippen LogP contribution in [-0.2, 0) is 48.4 Å². The number of ether oxygens (including phenoxy) is 4. The summed E-state index contributed by atoms with van der Waals surface area (Å²) in [6.07, 6.45) is 43.8. The number of nitrogens with zero attached hydrogens (tertiary/aromatic N) is 1. The minimum Gasteiger partial charge on any atom is -0.461 e. The smallest absolute Gasteiger partial charge is 0.461 e. The summed E-state index contributed by atoms with van der Waals surface area (Å²) < 4.78 is 22.0. The van der Waals surface area contributed by atoms with Crippen molar-refractivity contribution < 1.29 is 33.3 Å². The van der Waals surface area contributed by atoms with E-state index in [1.54, 1.807) is 0 Å². The zero-order valence-electron chi connectivity index (χ0n) is 39.3. The molecule has 0 unspecified atom stereocenters. The van der Waals surface area contributed by atoms with Crippen LogP contribution in [0.1, 0.15) is 205 Å². The Bertz CT molecular complexity index is 1270. The molecular formula is C53H87NO7. The highest BCUT2D eigenvalue weighted by molar-refractivity contribution is 5.69. The molecule has 8 heteroatoms. The molecule has 0 heterocycles. The van der Waals surface area contributed by atoms with Crippen molar-refractivity contribution >= 4 is 18.1 Å². The van der Waals surface area contributed by atoms with Crippen LogP contribution in [-0.4, -0.2) is 49.2 Å². The van der Waals surface area contributed by atoms with Crippen molar-refractivity contribution in [3.63, 3.8) is 0 Å². The molecule has 61 heavy (non-hydrogen) atoms. The number of carbonyl (C=O) groups is 3. The maximum Gasteiger partial charge on any atom is 0.508 e. The van der Waals surface area contributed by atoms with Crippen LogP contribution >= 0.6 is 0 Å². The second-order valence-electron chi connectivity index (χ2n) is 16.2. The molecule has 0 aliphatic heterocycles. The predicted molar refractivity (Wildman–Crippen MR) is 253 cm³/mol. The summed E-state index contributed by atoms with van der Waals surface area (Å²) in [7, 11) is 0. The van der Waals surface area contributed by atoms with E-state index in [0.717, 1.165) is 114 Å². The van der Waals surface area contributed by atoms with Crippen molar-refractivity contribution in [2.24, 2.45) is 0 Å². The highest BCUT2D eigenvalue weighted by Crippen LogP contribution is 2.17. The number of rotatable bonds is 40. The Morgan fingerprint density at radius 1 is 0.443 bits per heavy atom. The van der Waals surface area contributed by atoms with Gasteiger partial charge in [-0.1, -0.05) is 141 Å². The number of unbranched alkanes of at least 4 members (excludes halogenated alkanes) is 16. The maximum atomic E-state index is 12.6. The van der Waals surface area contributed by atoms with Crippen molar-refractivity contribution in [1.82, 2.24) is 4.90 Å². The zero-order chi connectivity index (χ0) is 44.3. The molecule has 0 spiro atoms. The third-order valence-corrected chi connectivity index (χ3v) is 10.7. The molecule has 0 N–H and O–H groups in total. The molecule has 0 bridgehead atoms. The Balaban J connectivity index is 2.48. The number of benzene rings is 1. The fraction of sp³-hybridized carbons (Fsp3) is 0.679. The number of hydrogen-bond donors (Lipinski definition) is 0. The van der Waals surface area contributed by atoms with Gasteiger partial charge in [0.2, 0.25) is 0 Å². The summed E-state index contributed by atoms with van der Waals surface area (Å²) in [4.78, 5) is 39.9. The minimum atomic E-state index is -0.723. The van der Waals surface area contributed by atoms with Gasteiger partial charge in [0.05, 0.1) is 6.61 Å². The minimum absolute atomic E-state index is 0.00442. The third kappa shape index (κ3) is 35.6. The number of hydrogen-bond acceptors (Lipinski definition) is 8. The van der Waals surface area contributed by atoms with Crippen LogP contribution in [0.25, 0.3) is 0 Å². The number of carbonyl (C=O) groups excluding carboxylic acids is 3. The summed E-state index contributed by atoms with van der Waals surface area (Å²) in [5.41, 5.74) is 2.21. The van der Waals surface area contributed by atoms with Gasteiger partial charge in [-0.3, -0.25) is 9.59 Å². The van der Waals surface area contributed by atoms with E-state index < -0.39 is 6.16 Å². The van der Waals surface area contributed by atoms with Crippen LogP contribution in [0.2, 0.25) is 0 Å². The highest BCUT2D eigenvalue weighted by Gasteiger charge is 2.11. The molecule has 0 aliphatic rings. The average molecular weight is 850 g/mol. The Morgan fingerprint density at radius 3 is 1.23 bits per heavy atom. The second-order valence-corrected chi connectivity index (χ2v) is 16.2. The first-order valence-corrected chi connectivity index (χ1v) is 24.5. The van der Waals surface area contributed by atoms with Gasteiger partial charge in [0.25, 0.3) is 0 Å². The highest BCUT2D eigenvalue weighted by atomic mass is 16.7. The van der Waals surface area contributed by atoms with E-state index >= 15 is 0 Å². The van der Waals surface area contributed by atoms with Crippen molar-refractivity contribution in [2.45, 2.75) is 208 Å². The quantitative estimate of drug-likeness (QED) is 0.0279. The van der Waals surface area contributed by atoms with Gasteiger partial charge in [0, 0.05) is 19.4 Å². The lowest BCUT2D eigenvalue weighted by atomic mass is 10.1. The summed E-state index contributed by atoms with van der Waals surface area (Å²) in [6.45, 7) is 11.9. The van der Waals surface area contributed by atoms with Gasteiger partial charge >= 0.3 is 18.1 Å². The van der Waals surface area contributed by atoms with Crippen LogP contribution < -0.4 is 0 Å². The summed E-state index contributed by atoms with van der Waals surface area (Å²) in [6, 6.07) is 5.59. The van der Waals surface area contributed by atoms with Gasteiger partial charge < -0.3 is 23.8 Å². The lowest BCUT2D eigenvalue weighted by molar-refractivity contribution is -0.145. The molecule has 0 saturated carbocycles. The Hall–Kier alpha value is -3.65.